The van der Waals surface area contributed by atoms with Crippen molar-refractivity contribution in [2.45, 2.75) is 41.0 Å². The van der Waals surface area contributed by atoms with Crippen molar-refractivity contribution in [1.82, 2.24) is 10.2 Å². The van der Waals surface area contributed by atoms with Gasteiger partial charge in [-0.2, -0.15) is 0 Å². The topological polar surface area (TPSA) is 78.9 Å². The molecule has 0 spiro atoms. The van der Waals surface area contributed by atoms with Crippen LogP contribution in [0.4, 0.5) is 0 Å². The molecule has 40 heavy (non-hydrogen) atoms. The molecule has 4 rings (SSSR count). The van der Waals surface area contributed by atoms with E-state index in [2.05, 4.69) is 44.8 Å². The Labute approximate surface area is 238 Å². The molecule has 1 saturated heterocycles. The molecule has 0 aliphatic carbocycles. The number of morpholine rings is 1. The van der Waals surface area contributed by atoms with Crippen molar-refractivity contribution in [3.63, 3.8) is 0 Å². The molecule has 1 amide bonds. The summed E-state index contributed by atoms with van der Waals surface area (Å²) >= 11 is 0. The van der Waals surface area contributed by atoms with Gasteiger partial charge in [0.05, 0.1) is 18.8 Å². The maximum atomic E-state index is 12.4. The van der Waals surface area contributed by atoms with Crippen molar-refractivity contribution in [3.8, 4) is 11.1 Å². The van der Waals surface area contributed by atoms with Gasteiger partial charge in [0.1, 0.15) is 0 Å². The summed E-state index contributed by atoms with van der Waals surface area (Å²) in [6.07, 6.45) is 0.987. The number of hydrogen-bond acceptors (Lipinski definition) is 4. The lowest BCUT2D eigenvalue weighted by Crippen LogP contribution is -2.41. The Morgan fingerprint density at radius 3 is 2.23 bits per heavy atom. The van der Waals surface area contributed by atoms with E-state index in [0.29, 0.717) is 12.1 Å². The molecule has 0 unspecified atom stereocenters. The number of carbonyl (C=O) groups excluding carboxylic acids is 1. The molecule has 0 aromatic heterocycles. The van der Waals surface area contributed by atoms with Crippen molar-refractivity contribution < 1.29 is 19.4 Å². The predicted octanol–water partition coefficient (Wildman–Crippen LogP) is 6.48. The van der Waals surface area contributed by atoms with Crippen LogP contribution in [-0.2, 0) is 11.2 Å². The fourth-order valence-electron chi connectivity index (χ4n) is 4.53. The molecular weight excluding hydrogens is 500 g/mol. The Hall–Kier alpha value is -3.74. The van der Waals surface area contributed by atoms with Crippen LogP contribution < -0.4 is 5.32 Å². The number of hydrogen-bond donors (Lipinski definition) is 2. The first kappa shape index (κ1) is 30.8. The van der Waals surface area contributed by atoms with Crippen LogP contribution in [0.25, 0.3) is 16.7 Å². The van der Waals surface area contributed by atoms with E-state index in [1.165, 1.54) is 22.3 Å². The molecule has 0 radical (unpaired) electrons. The fraction of sp³-hybridized carbons (Fsp3) is 0.353. The Morgan fingerprint density at radius 2 is 1.60 bits per heavy atom. The van der Waals surface area contributed by atoms with E-state index >= 15 is 0 Å². The third-order valence-electron chi connectivity index (χ3n) is 7.30. The summed E-state index contributed by atoms with van der Waals surface area (Å²) in [4.78, 5) is 25.8. The number of amides is 1. The summed E-state index contributed by atoms with van der Waals surface area (Å²) in [5.41, 5.74) is 8.91. The van der Waals surface area contributed by atoms with Gasteiger partial charge in [-0.1, -0.05) is 61.0 Å². The molecular formula is C34H42N2O4. The van der Waals surface area contributed by atoms with E-state index in [1.807, 2.05) is 54.6 Å². The van der Waals surface area contributed by atoms with Gasteiger partial charge in [-0.15, -0.1) is 0 Å². The Kier molecular flexibility index (Phi) is 11.7. The average molecular weight is 543 g/mol. The van der Waals surface area contributed by atoms with Gasteiger partial charge in [0.2, 0.25) is 0 Å². The lowest BCUT2D eigenvalue weighted by Gasteiger charge is -2.26. The number of carboxylic acids is 1. The zero-order valence-corrected chi connectivity index (χ0v) is 24.4. The van der Waals surface area contributed by atoms with Gasteiger partial charge in [-0.25, -0.2) is 4.79 Å². The van der Waals surface area contributed by atoms with Gasteiger partial charge in [-0.3, -0.25) is 9.69 Å². The number of carboxylic acid groups (broad SMARTS) is 1. The Balaban J connectivity index is 0.000000230. The highest BCUT2D eigenvalue weighted by molar-refractivity contribution is 5.96. The van der Waals surface area contributed by atoms with Crippen molar-refractivity contribution >= 4 is 17.4 Å². The zero-order chi connectivity index (χ0) is 29.1. The Bertz CT molecular complexity index is 1320. The molecule has 1 aliphatic rings. The van der Waals surface area contributed by atoms with Crippen LogP contribution in [-0.4, -0.2) is 61.3 Å². The van der Waals surface area contributed by atoms with Crippen molar-refractivity contribution in [2.24, 2.45) is 0 Å². The van der Waals surface area contributed by atoms with Gasteiger partial charge in [-0.05, 0) is 85.7 Å². The van der Waals surface area contributed by atoms with Crippen molar-refractivity contribution in [1.29, 1.82) is 0 Å². The quantitative estimate of drug-likeness (QED) is 0.340. The largest absolute Gasteiger partial charge is 0.478 e. The van der Waals surface area contributed by atoms with Crippen LogP contribution in [0.2, 0.25) is 0 Å². The van der Waals surface area contributed by atoms with Crippen molar-refractivity contribution in [3.05, 3.63) is 100 Å². The average Bonchev–Trinajstić information content (AvgIpc) is 2.98. The van der Waals surface area contributed by atoms with E-state index in [0.717, 1.165) is 61.5 Å². The number of carbonyl (C=O) groups is 2. The predicted molar refractivity (Wildman–Crippen MR) is 163 cm³/mol. The minimum Gasteiger partial charge on any atom is -0.478 e. The molecule has 0 bridgehead atoms. The molecule has 1 fully saturated rings. The number of allylic oxidation sites excluding steroid dienone is 2. The standard InChI is InChI=1S/C19H28N2O2.C15H14O2/c1-14(2)16(4)18-13-17(6-5-15(18)3)19(22)20-7-8-21-9-11-23-12-10-21;1-2-11-7-9-12(10-8-11)13-5-3-4-6-14(13)15(16)17/h5-6,13H,7-12H2,1-4H3,(H,20,22);3-10H,2H2,1H3,(H,16,17). The number of aryl methyl sites for hydroxylation is 2. The molecule has 0 atom stereocenters. The molecule has 1 aliphatic heterocycles. The highest BCUT2D eigenvalue weighted by atomic mass is 16.5. The number of aromatic carboxylic acids is 1. The van der Waals surface area contributed by atoms with E-state index in [4.69, 9.17) is 9.84 Å². The lowest BCUT2D eigenvalue weighted by molar-refractivity contribution is 0.0383. The molecule has 212 valence electrons. The normalized spacial score (nSPS) is 13.1. The van der Waals surface area contributed by atoms with Gasteiger partial charge < -0.3 is 15.2 Å². The number of benzene rings is 3. The number of ether oxygens (including phenoxy) is 1. The molecule has 6 heteroatoms. The summed E-state index contributed by atoms with van der Waals surface area (Å²) in [7, 11) is 0. The third kappa shape index (κ3) is 8.63. The van der Waals surface area contributed by atoms with Crippen LogP contribution in [0.1, 0.15) is 65.1 Å². The van der Waals surface area contributed by atoms with Crippen LogP contribution >= 0.6 is 0 Å². The molecule has 2 N–H and O–H groups in total. The monoisotopic (exact) mass is 542 g/mol. The Morgan fingerprint density at radius 1 is 0.925 bits per heavy atom. The van der Waals surface area contributed by atoms with Crippen LogP contribution in [0.15, 0.2) is 72.3 Å². The molecule has 6 nitrogen and oxygen atoms in total. The first-order valence-electron chi connectivity index (χ1n) is 14.0. The minimum absolute atomic E-state index is 0.000987. The summed E-state index contributed by atoms with van der Waals surface area (Å²) in [5.74, 6) is -0.888. The molecule has 1 heterocycles. The zero-order valence-electron chi connectivity index (χ0n) is 24.4. The molecule has 3 aromatic carbocycles. The first-order valence-corrected chi connectivity index (χ1v) is 14.0. The van der Waals surface area contributed by atoms with Crippen LogP contribution in [0.5, 0.6) is 0 Å². The number of nitrogens with one attached hydrogen (secondary N) is 1. The first-order chi connectivity index (χ1) is 19.2. The fourth-order valence-corrected chi connectivity index (χ4v) is 4.53. The van der Waals surface area contributed by atoms with Gasteiger partial charge >= 0.3 is 5.97 Å². The van der Waals surface area contributed by atoms with Gasteiger partial charge in [0.25, 0.3) is 5.91 Å². The second kappa shape index (κ2) is 15.2. The van der Waals surface area contributed by atoms with E-state index in [1.54, 1.807) is 12.1 Å². The highest BCUT2D eigenvalue weighted by Crippen LogP contribution is 2.24. The third-order valence-corrected chi connectivity index (χ3v) is 7.30. The maximum absolute atomic E-state index is 12.4. The van der Waals surface area contributed by atoms with Crippen LogP contribution in [0, 0.1) is 6.92 Å². The maximum Gasteiger partial charge on any atom is 0.336 e. The van der Waals surface area contributed by atoms with Crippen molar-refractivity contribution in [2.75, 3.05) is 39.4 Å². The van der Waals surface area contributed by atoms with E-state index in [-0.39, 0.29) is 5.91 Å². The second-order valence-electron chi connectivity index (χ2n) is 10.3. The van der Waals surface area contributed by atoms with Crippen LogP contribution in [0.3, 0.4) is 0 Å². The van der Waals surface area contributed by atoms with E-state index in [9.17, 15) is 9.59 Å². The van der Waals surface area contributed by atoms with Gasteiger partial charge in [0.15, 0.2) is 0 Å². The molecule has 0 saturated carbocycles. The number of rotatable bonds is 8. The molecule has 3 aromatic rings. The summed E-state index contributed by atoms with van der Waals surface area (Å²) in [5, 5.41) is 12.2. The lowest BCUT2D eigenvalue weighted by atomic mass is 9.96. The smallest absolute Gasteiger partial charge is 0.336 e. The summed E-state index contributed by atoms with van der Waals surface area (Å²) in [6, 6.07) is 21.0. The summed E-state index contributed by atoms with van der Waals surface area (Å²) in [6.45, 7) is 15.5. The summed E-state index contributed by atoms with van der Waals surface area (Å²) < 4.78 is 5.33. The SMILES string of the molecule is CC(C)=C(C)c1cc(C(=O)NCCN2CCOCC2)ccc1C.CCc1ccc(-c2ccccc2C(=O)O)cc1. The minimum atomic E-state index is -0.889. The second-order valence-corrected chi connectivity index (χ2v) is 10.3. The number of nitrogens with zero attached hydrogens (tertiary/aromatic N) is 1. The highest BCUT2D eigenvalue weighted by Gasteiger charge is 2.13. The van der Waals surface area contributed by atoms with E-state index < -0.39 is 5.97 Å². The van der Waals surface area contributed by atoms with Gasteiger partial charge in [0, 0.05) is 31.7 Å².